The zero-order valence-corrected chi connectivity index (χ0v) is 28.2. The summed E-state index contributed by atoms with van der Waals surface area (Å²) < 4.78 is 33.3. The Morgan fingerprint density at radius 2 is 0.878 bits per heavy atom. The zero-order valence-electron chi connectivity index (χ0n) is 26.4. The van der Waals surface area contributed by atoms with Crippen LogP contribution in [0, 0.1) is 0 Å². The molecule has 0 aliphatic carbocycles. The predicted octanol–water partition coefficient (Wildman–Crippen LogP) is 8.07. The summed E-state index contributed by atoms with van der Waals surface area (Å²) in [7, 11) is -6.59. The lowest BCUT2D eigenvalue weighted by Crippen LogP contribution is -2.25. The molecule has 2 heterocycles. The van der Waals surface area contributed by atoms with Gasteiger partial charge in [0.1, 0.15) is 11.2 Å². The van der Waals surface area contributed by atoms with Crippen LogP contribution >= 0.6 is 14.3 Å². The Morgan fingerprint density at radius 1 is 0.388 bits per heavy atom. The van der Waals surface area contributed by atoms with Crippen molar-refractivity contribution in [2.24, 2.45) is 0 Å². The van der Waals surface area contributed by atoms with E-state index in [1.807, 2.05) is 152 Å². The van der Waals surface area contributed by atoms with Crippen LogP contribution in [0.4, 0.5) is 0 Å². The average Bonchev–Trinajstić information content (AvgIpc) is 3.59. The highest BCUT2D eigenvalue weighted by Gasteiger charge is 2.34. The largest absolute Gasteiger partial charge is 0.309 e. The second-order valence-electron chi connectivity index (χ2n) is 12.2. The van der Waals surface area contributed by atoms with Gasteiger partial charge in [0.15, 0.2) is 14.3 Å². The van der Waals surface area contributed by atoms with Gasteiger partial charge in [0.05, 0.1) is 11.0 Å². The van der Waals surface area contributed by atoms with E-state index in [0.717, 1.165) is 59.4 Å². The number of nitrogens with zero attached hydrogens (tertiary/aromatic N) is 2. The number of hydrogen-bond donors (Lipinski definition) is 0. The Kier molecular flexibility index (Phi) is 6.99. The lowest BCUT2D eigenvalue weighted by molar-refractivity contribution is 0.591. The van der Waals surface area contributed by atoms with Gasteiger partial charge in [0.25, 0.3) is 0 Å². The molecule has 0 atom stereocenters. The number of rotatable bonds is 6. The molecule has 234 valence electrons. The van der Waals surface area contributed by atoms with E-state index in [1.54, 1.807) is 0 Å². The molecule has 9 rings (SSSR count). The zero-order chi connectivity index (χ0) is 33.0. The number of benzene rings is 7. The first kappa shape index (κ1) is 29.6. The van der Waals surface area contributed by atoms with Gasteiger partial charge in [-0.25, -0.2) is 4.98 Å². The summed E-state index contributed by atoms with van der Waals surface area (Å²) >= 11 is 0. The average molecular weight is 669 g/mol. The van der Waals surface area contributed by atoms with Gasteiger partial charge < -0.3 is 9.13 Å². The summed E-state index contributed by atoms with van der Waals surface area (Å²) in [5, 5.41) is 7.47. The maximum absolute atomic E-state index is 15.6. The molecule has 0 bridgehead atoms. The molecule has 0 saturated heterocycles. The Labute approximate surface area is 284 Å². The minimum Gasteiger partial charge on any atom is -0.309 e. The van der Waals surface area contributed by atoms with Crippen LogP contribution in [-0.4, -0.2) is 9.38 Å². The Hall–Kier alpha value is -5.53. The second kappa shape index (κ2) is 11.6. The van der Waals surface area contributed by atoms with Gasteiger partial charge in [-0.15, -0.1) is 0 Å². The smallest absolute Gasteiger partial charge is 0.173 e. The van der Waals surface area contributed by atoms with Crippen LogP contribution in [0.3, 0.4) is 0 Å². The summed E-state index contributed by atoms with van der Waals surface area (Å²) in [4.78, 5) is 5.38. The van der Waals surface area contributed by atoms with Gasteiger partial charge in [-0.2, -0.15) is 0 Å². The van der Waals surface area contributed by atoms with Gasteiger partial charge in [0.2, 0.25) is 0 Å². The highest BCUT2D eigenvalue weighted by atomic mass is 31.2. The van der Waals surface area contributed by atoms with Crippen molar-refractivity contribution in [1.82, 2.24) is 9.38 Å². The van der Waals surface area contributed by atoms with E-state index < -0.39 is 14.3 Å². The molecule has 0 fully saturated rings. The topological polar surface area (TPSA) is 51.4 Å². The third-order valence-electron chi connectivity index (χ3n) is 9.53. The van der Waals surface area contributed by atoms with Gasteiger partial charge in [-0.1, -0.05) is 158 Å². The van der Waals surface area contributed by atoms with Crippen LogP contribution in [0.1, 0.15) is 0 Å². The monoisotopic (exact) mass is 668 g/mol. The Bertz CT molecular complexity index is 2680. The molecule has 49 heavy (non-hydrogen) atoms. The van der Waals surface area contributed by atoms with Crippen molar-refractivity contribution in [3.63, 3.8) is 0 Å². The van der Waals surface area contributed by atoms with E-state index in [0.29, 0.717) is 10.8 Å². The molecule has 2 aromatic heterocycles. The molecule has 4 nitrogen and oxygen atoms in total. The fraction of sp³-hybridized carbons (Fsp3) is 0. The molecule has 6 heteroatoms. The van der Waals surface area contributed by atoms with Crippen molar-refractivity contribution in [2.45, 2.75) is 0 Å². The molecule has 0 saturated carbocycles. The molecule has 9 aromatic rings. The molecule has 0 aliphatic rings. The highest BCUT2D eigenvalue weighted by molar-refractivity contribution is 7.86. The van der Waals surface area contributed by atoms with E-state index in [9.17, 15) is 0 Å². The van der Waals surface area contributed by atoms with E-state index in [2.05, 4.69) is 34.7 Å². The first-order valence-electron chi connectivity index (χ1n) is 16.3. The van der Waals surface area contributed by atoms with Crippen LogP contribution in [0.5, 0.6) is 0 Å². The maximum Gasteiger partial charge on any atom is 0.173 e. The van der Waals surface area contributed by atoms with Crippen LogP contribution in [-0.2, 0) is 9.13 Å². The highest BCUT2D eigenvalue weighted by Crippen LogP contribution is 2.46. The van der Waals surface area contributed by atoms with Crippen molar-refractivity contribution < 1.29 is 9.13 Å². The minimum absolute atomic E-state index is 0.691. The van der Waals surface area contributed by atoms with Crippen molar-refractivity contribution in [2.75, 3.05) is 0 Å². The summed E-state index contributed by atoms with van der Waals surface area (Å²) in [6.07, 6.45) is 0. The van der Waals surface area contributed by atoms with Gasteiger partial charge in [-0.3, -0.25) is 4.40 Å². The first-order chi connectivity index (χ1) is 24.1. The number of para-hydroxylation sites is 2. The van der Waals surface area contributed by atoms with Crippen molar-refractivity contribution >= 4 is 84.5 Å². The number of fused-ring (bicyclic) bond motifs is 8. The van der Waals surface area contributed by atoms with Gasteiger partial charge in [0, 0.05) is 42.6 Å². The van der Waals surface area contributed by atoms with Crippen molar-refractivity contribution in [1.29, 1.82) is 0 Å². The van der Waals surface area contributed by atoms with E-state index in [4.69, 9.17) is 4.98 Å². The SMILES string of the molecule is O=P(c1ccccc1)(c1ccccc1)c1ccc2c3ccccc3n3c4cccc(P(=O)(c5ccccc5)c5ccccc5)c4nc3c2c1. The number of imidazole rings is 1. The molecule has 0 radical (unpaired) electrons. The normalized spacial score (nSPS) is 12.2. The molecular formula is C43H30N2O2P2. The van der Waals surface area contributed by atoms with Gasteiger partial charge >= 0.3 is 0 Å². The fourth-order valence-electron chi connectivity index (χ4n) is 7.23. The summed E-state index contributed by atoms with van der Waals surface area (Å²) in [5.74, 6) is 0. The lowest BCUT2D eigenvalue weighted by Gasteiger charge is -2.21. The molecule has 0 amide bonds. The first-order valence-corrected chi connectivity index (χ1v) is 19.7. The molecule has 0 N–H and O–H groups in total. The maximum atomic E-state index is 15.6. The van der Waals surface area contributed by atoms with Crippen molar-refractivity contribution in [3.8, 4) is 0 Å². The number of pyridine rings is 1. The molecular weight excluding hydrogens is 638 g/mol. The minimum atomic E-state index is -3.33. The molecule has 7 aromatic carbocycles. The van der Waals surface area contributed by atoms with Crippen LogP contribution in [0.25, 0.3) is 38.4 Å². The predicted molar refractivity (Wildman–Crippen MR) is 206 cm³/mol. The van der Waals surface area contributed by atoms with Crippen LogP contribution in [0.15, 0.2) is 182 Å². The van der Waals surface area contributed by atoms with Crippen LogP contribution in [0.2, 0.25) is 0 Å². The van der Waals surface area contributed by atoms with Crippen LogP contribution < -0.4 is 31.8 Å². The third kappa shape index (κ3) is 4.49. The molecule has 0 spiro atoms. The number of aromatic nitrogens is 2. The number of hydrogen-bond acceptors (Lipinski definition) is 3. The summed E-state index contributed by atoms with van der Waals surface area (Å²) in [6.45, 7) is 0. The summed E-state index contributed by atoms with van der Waals surface area (Å²) in [5.41, 5.74) is 3.30. The van der Waals surface area contributed by atoms with E-state index in [-0.39, 0.29) is 0 Å². The summed E-state index contributed by atoms with van der Waals surface area (Å²) in [6, 6.07) is 59.4. The van der Waals surface area contributed by atoms with E-state index >= 15 is 9.13 Å². The molecule has 0 aliphatic heterocycles. The Morgan fingerprint density at radius 3 is 1.45 bits per heavy atom. The second-order valence-corrected chi connectivity index (χ2v) is 17.7. The van der Waals surface area contributed by atoms with Crippen molar-refractivity contribution in [3.05, 3.63) is 182 Å². The third-order valence-corrected chi connectivity index (χ3v) is 15.7. The quantitative estimate of drug-likeness (QED) is 0.133. The van der Waals surface area contributed by atoms with E-state index in [1.165, 1.54) is 0 Å². The lowest BCUT2D eigenvalue weighted by atomic mass is 10.1. The van der Waals surface area contributed by atoms with Gasteiger partial charge in [-0.05, 0) is 29.7 Å². The fourth-order valence-corrected chi connectivity index (χ4v) is 12.7. The Balaban J connectivity index is 1.40. The standard InChI is InChI=1S/C43H30N2O2P2/c46-48(31-16-5-1-6-17-31,32-18-7-2-8-19-32)35-28-29-36-37-24-13-14-25-39(37)45-40-26-15-27-41(42(40)44-43(45)38(36)30-35)49(47,33-20-9-3-10-21-33)34-22-11-4-12-23-34/h1-30H. The molecule has 0 unspecified atom stereocenters.